The number of hydrogen-bond donors (Lipinski definition) is 1. The molecule has 1 saturated carbocycles. The molecule has 1 heterocycles. The molecule has 82 valence electrons. The third kappa shape index (κ3) is 1.53. The van der Waals surface area contributed by atoms with Crippen LogP contribution in [-0.4, -0.2) is 9.55 Å². The molecule has 0 aromatic carbocycles. The maximum Gasteiger partial charge on any atom is 0.330 e. The molecular weight excluding hydrogens is 216 g/mol. The van der Waals surface area contributed by atoms with Gasteiger partial charge in [-0.15, -0.1) is 0 Å². The van der Waals surface area contributed by atoms with Gasteiger partial charge < -0.3 is 0 Å². The van der Waals surface area contributed by atoms with Crippen molar-refractivity contribution in [3.8, 4) is 0 Å². The minimum absolute atomic E-state index is 0.174. The van der Waals surface area contributed by atoms with Crippen LogP contribution in [0.25, 0.3) is 0 Å². The van der Waals surface area contributed by atoms with Crippen LogP contribution < -0.4 is 11.2 Å². The summed E-state index contributed by atoms with van der Waals surface area (Å²) in [7, 11) is 0. The number of H-pyrrole nitrogens is 1. The molecule has 4 nitrogen and oxygen atoms in total. The molecule has 0 aliphatic heterocycles. The van der Waals surface area contributed by atoms with Crippen LogP contribution in [0.2, 0.25) is 5.15 Å². The monoisotopic (exact) mass is 228 g/mol. The lowest BCUT2D eigenvalue weighted by molar-refractivity contribution is 0.482. The SMILES string of the molecule is CCc1c(Cl)[nH]c(=O)n(C2(C)CC2)c1=O. The van der Waals surface area contributed by atoms with E-state index in [0.29, 0.717) is 12.0 Å². The van der Waals surface area contributed by atoms with E-state index in [4.69, 9.17) is 11.6 Å². The van der Waals surface area contributed by atoms with Crippen LogP contribution in [0.3, 0.4) is 0 Å². The summed E-state index contributed by atoms with van der Waals surface area (Å²) in [6, 6.07) is 0. The van der Waals surface area contributed by atoms with Crippen molar-refractivity contribution in [2.24, 2.45) is 0 Å². The Bertz CT molecular complexity index is 511. The van der Waals surface area contributed by atoms with Gasteiger partial charge >= 0.3 is 5.69 Å². The van der Waals surface area contributed by atoms with E-state index < -0.39 is 5.69 Å². The van der Waals surface area contributed by atoms with Crippen molar-refractivity contribution >= 4 is 11.6 Å². The summed E-state index contributed by atoms with van der Waals surface area (Å²) in [4.78, 5) is 26.1. The lowest BCUT2D eigenvalue weighted by Gasteiger charge is -2.13. The van der Waals surface area contributed by atoms with Crippen molar-refractivity contribution in [3.63, 3.8) is 0 Å². The lowest BCUT2D eigenvalue weighted by Crippen LogP contribution is -2.42. The summed E-state index contributed by atoms with van der Waals surface area (Å²) < 4.78 is 1.30. The van der Waals surface area contributed by atoms with E-state index in [0.717, 1.165) is 12.8 Å². The van der Waals surface area contributed by atoms with Crippen molar-refractivity contribution in [3.05, 3.63) is 31.6 Å². The van der Waals surface area contributed by atoms with Crippen molar-refractivity contribution < 1.29 is 0 Å². The second kappa shape index (κ2) is 3.23. The van der Waals surface area contributed by atoms with Gasteiger partial charge in [-0.2, -0.15) is 0 Å². The number of hydrogen-bond acceptors (Lipinski definition) is 2. The molecule has 0 spiro atoms. The molecular formula is C10H13ClN2O2. The molecule has 15 heavy (non-hydrogen) atoms. The van der Waals surface area contributed by atoms with Crippen LogP contribution in [-0.2, 0) is 12.0 Å². The Hall–Kier alpha value is -1.03. The second-order valence-electron chi connectivity index (χ2n) is 4.21. The summed E-state index contributed by atoms with van der Waals surface area (Å²) in [5, 5.41) is 0.174. The van der Waals surface area contributed by atoms with Gasteiger partial charge in [-0.25, -0.2) is 4.79 Å². The van der Waals surface area contributed by atoms with E-state index in [-0.39, 0.29) is 16.3 Å². The molecule has 0 unspecified atom stereocenters. The summed E-state index contributed by atoms with van der Waals surface area (Å²) in [5.74, 6) is 0. The first kappa shape index (κ1) is 10.5. The topological polar surface area (TPSA) is 54.9 Å². The Morgan fingerprint density at radius 1 is 1.47 bits per heavy atom. The van der Waals surface area contributed by atoms with Crippen LogP contribution in [0.1, 0.15) is 32.3 Å². The van der Waals surface area contributed by atoms with E-state index >= 15 is 0 Å². The summed E-state index contributed by atoms with van der Waals surface area (Å²) in [6.07, 6.45) is 2.28. The van der Waals surface area contributed by atoms with E-state index in [1.165, 1.54) is 4.57 Å². The van der Waals surface area contributed by atoms with Crippen molar-refractivity contribution in [2.45, 2.75) is 38.6 Å². The highest BCUT2D eigenvalue weighted by molar-refractivity contribution is 6.30. The van der Waals surface area contributed by atoms with Gasteiger partial charge in [0.1, 0.15) is 5.15 Å². The number of aromatic amines is 1. The maximum absolute atomic E-state index is 12.0. The van der Waals surface area contributed by atoms with E-state index in [9.17, 15) is 9.59 Å². The molecule has 0 radical (unpaired) electrons. The number of nitrogens with zero attached hydrogens (tertiary/aromatic N) is 1. The van der Waals surface area contributed by atoms with Gasteiger partial charge in [0.15, 0.2) is 0 Å². The third-order valence-electron chi connectivity index (χ3n) is 3.01. The summed E-state index contributed by atoms with van der Waals surface area (Å²) >= 11 is 5.81. The van der Waals surface area contributed by atoms with E-state index in [2.05, 4.69) is 4.98 Å². The van der Waals surface area contributed by atoms with Gasteiger partial charge in [-0.1, -0.05) is 18.5 Å². The second-order valence-corrected chi connectivity index (χ2v) is 4.59. The highest BCUT2D eigenvalue weighted by Gasteiger charge is 2.42. The fraction of sp³-hybridized carbons (Fsp3) is 0.600. The van der Waals surface area contributed by atoms with Gasteiger partial charge in [0.2, 0.25) is 0 Å². The Kier molecular flexibility index (Phi) is 2.26. The quantitative estimate of drug-likeness (QED) is 0.775. The molecule has 1 fully saturated rings. The average molecular weight is 229 g/mol. The lowest BCUT2D eigenvalue weighted by atomic mass is 10.2. The number of halogens is 1. The van der Waals surface area contributed by atoms with Crippen molar-refractivity contribution in [1.82, 2.24) is 9.55 Å². The van der Waals surface area contributed by atoms with Crippen LogP contribution in [0, 0.1) is 0 Å². The van der Waals surface area contributed by atoms with Gasteiger partial charge in [-0.05, 0) is 26.2 Å². The third-order valence-corrected chi connectivity index (χ3v) is 3.34. The highest BCUT2D eigenvalue weighted by atomic mass is 35.5. The van der Waals surface area contributed by atoms with Crippen LogP contribution >= 0.6 is 11.6 Å². The van der Waals surface area contributed by atoms with Crippen LogP contribution in [0.4, 0.5) is 0 Å². The first-order chi connectivity index (χ1) is 6.99. The molecule has 5 heteroatoms. The average Bonchev–Trinajstić information content (AvgIpc) is 2.83. The molecule has 0 atom stereocenters. The highest BCUT2D eigenvalue weighted by Crippen LogP contribution is 2.40. The zero-order valence-electron chi connectivity index (χ0n) is 8.76. The van der Waals surface area contributed by atoms with E-state index in [1.807, 2.05) is 13.8 Å². The minimum Gasteiger partial charge on any atom is -0.297 e. The normalized spacial score (nSPS) is 17.8. The number of rotatable bonds is 2. The molecule has 1 aromatic heterocycles. The predicted molar refractivity (Wildman–Crippen MR) is 58.6 cm³/mol. The van der Waals surface area contributed by atoms with Gasteiger partial charge in [0.25, 0.3) is 5.56 Å². The summed E-state index contributed by atoms with van der Waals surface area (Å²) in [5.41, 5.74) is -0.447. The fourth-order valence-electron chi connectivity index (χ4n) is 1.75. The predicted octanol–water partition coefficient (Wildman–Crippen LogP) is 1.26. The number of aromatic nitrogens is 2. The zero-order valence-corrected chi connectivity index (χ0v) is 9.52. The minimum atomic E-state index is -0.401. The zero-order chi connectivity index (χ0) is 11.2. The molecule has 1 aromatic rings. The van der Waals surface area contributed by atoms with Crippen LogP contribution in [0.15, 0.2) is 9.59 Å². The molecule has 1 N–H and O–H groups in total. The van der Waals surface area contributed by atoms with E-state index in [1.54, 1.807) is 0 Å². The molecule has 0 saturated heterocycles. The first-order valence-corrected chi connectivity index (χ1v) is 5.41. The number of nitrogens with one attached hydrogen (secondary N) is 1. The molecule has 0 amide bonds. The Balaban J connectivity index is 2.75. The molecule has 1 aliphatic rings. The Morgan fingerprint density at radius 2 is 2.07 bits per heavy atom. The molecule has 1 aliphatic carbocycles. The molecule has 0 bridgehead atoms. The largest absolute Gasteiger partial charge is 0.330 e. The van der Waals surface area contributed by atoms with Gasteiger partial charge in [0, 0.05) is 0 Å². The fourth-order valence-corrected chi connectivity index (χ4v) is 2.04. The van der Waals surface area contributed by atoms with Gasteiger partial charge in [-0.3, -0.25) is 14.3 Å². The molecule has 2 rings (SSSR count). The van der Waals surface area contributed by atoms with Gasteiger partial charge in [0.05, 0.1) is 11.1 Å². The maximum atomic E-state index is 12.0. The smallest absolute Gasteiger partial charge is 0.297 e. The summed E-state index contributed by atoms with van der Waals surface area (Å²) in [6.45, 7) is 3.76. The van der Waals surface area contributed by atoms with Crippen LogP contribution in [0.5, 0.6) is 0 Å². The van der Waals surface area contributed by atoms with Crippen molar-refractivity contribution in [2.75, 3.05) is 0 Å². The standard InChI is InChI=1S/C10H13ClN2O2/c1-3-6-7(11)12-9(15)13(8(6)14)10(2)4-5-10/h3-5H2,1-2H3,(H,12,15). The first-order valence-electron chi connectivity index (χ1n) is 5.04. The Morgan fingerprint density at radius 3 is 2.53 bits per heavy atom. The Labute approximate surface area is 91.9 Å². The van der Waals surface area contributed by atoms with Crippen molar-refractivity contribution in [1.29, 1.82) is 0 Å².